The fourth-order valence-electron chi connectivity index (χ4n) is 4.39. The lowest BCUT2D eigenvalue weighted by Gasteiger charge is -2.31. The molecule has 1 aromatic carbocycles. The van der Waals surface area contributed by atoms with Crippen molar-refractivity contribution in [3.05, 3.63) is 72.7 Å². The number of carbonyl (C=O) groups is 2. The number of esters is 1. The normalized spacial score (nSPS) is 13.9. The van der Waals surface area contributed by atoms with Crippen LogP contribution in [0, 0.1) is 12.8 Å². The second-order valence-corrected chi connectivity index (χ2v) is 10.7. The lowest BCUT2D eigenvalue weighted by molar-refractivity contribution is -0.138. The highest BCUT2D eigenvalue weighted by atomic mass is 32.2. The van der Waals surface area contributed by atoms with Gasteiger partial charge in [0.2, 0.25) is 11.9 Å². The molecule has 0 bridgehead atoms. The molecule has 1 fully saturated rings. The molecule has 0 radical (unpaired) electrons. The van der Waals surface area contributed by atoms with Crippen LogP contribution in [0.25, 0.3) is 11.3 Å². The molecule has 40 heavy (non-hydrogen) atoms. The minimum absolute atomic E-state index is 0.0234. The minimum Gasteiger partial charge on any atom is -0.463 e. The summed E-state index contributed by atoms with van der Waals surface area (Å²) in [6.07, 6.45) is 6.84. The van der Waals surface area contributed by atoms with E-state index in [1.807, 2.05) is 43.3 Å². The molecule has 0 aliphatic carbocycles. The second-order valence-electron chi connectivity index (χ2n) is 9.64. The van der Waals surface area contributed by atoms with Gasteiger partial charge >= 0.3 is 5.97 Å². The molecule has 1 saturated heterocycles. The third kappa shape index (κ3) is 8.37. The number of amides is 1. The van der Waals surface area contributed by atoms with Gasteiger partial charge in [0, 0.05) is 65.1 Å². The van der Waals surface area contributed by atoms with Gasteiger partial charge in [0.1, 0.15) is 0 Å². The Bertz CT molecular complexity index is 1310. The summed E-state index contributed by atoms with van der Waals surface area (Å²) in [5.74, 6) is 1.66. The summed E-state index contributed by atoms with van der Waals surface area (Å²) in [4.78, 5) is 40.2. The van der Waals surface area contributed by atoms with Crippen molar-refractivity contribution in [2.24, 2.45) is 5.92 Å². The quantitative estimate of drug-likeness (QED) is 0.178. The summed E-state index contributed by atoms with van der Waals surface area (Å²) >= 11 is 1.68. The van der Waals surface area contributed by atoms with E-state index in [4.69, 9.17) is 4.74 Å². The van der Waals surface area contributed by atoms with Crippen LogP contribution >= 0.6 is 11.8 Å². The van der Waals surface area contributed by atoms with E-state index in [2.05, 4.69) is 37.1 Å². The highest BCUT2D eigenvalue weighted by Gasteiger charge is 2.25. The Morgan fingerprint density at radius 2 is 2.00 bits per heavy atom. The first-order valence-corrected chi connectivity index (χ1v) is 14.7. The zero-order chi connectivity index (χ0) is 28.3. The van der Waals surface area contributed by atoms with Crippen LogP contribution in [0.3, 0.4) is 0 Å². The van der Waals surface area contributed by atoms with Gasteiger partial charge in [0.15, 0.2) is 0 Å². The molecule has 0 unspecified atom stereocenters. The number of piperidine rings is 1. The van der Waals surface area contributed by atoms with Crippen molar-refractivity contribution in [2.45, 2.75) is 26.7 Å². The molecule has 210 valence electrons. The molecule has 10 heteroatoms. The number of nitrogens with one attached hydrogen (secondary N) is 2. The number of ether oxygens (including phenoxy) is 1. The number of anilines is 3. The third-order valence-corrected chi connectivity index (χ3v) is 7.74. The fraction of sp³-hybridized carbons (Fsp3) is 0.367. The lowest BCUT2D eigenvalue weighted by Crippen LogP contribution is -2.39. The summed E-state index contributed by atoms with van der Waals surface area (Å²) in [5.41, 5.74) is 4.78. The van der Waals surface area contributed by atoms with E-state index in [0.717, 1.165) is 66.4 Å². The third-order valence-electron chi connectivity index (χ3n) is 6.72. The maximum atomic E-state index is 13.0. The Kier molecular flexibility index (Phi) is 10.7. The summed E-state index contributed by atoms with van der Waals surface area (Å²) in [7, 11) is 0. The van der Waals surface area contributed by atoms with Crippen molar-refractivity contribution in [3.8, 4) is 11.3 Å². The van der Waals surface area contributed by atoms with E-state index in [0.29, 0.717) is 23.9 Å². The number of nitrogens with zero attached hydrogens (tertiary/aromatic N) is 4. The first kappa shape index (κ1) is 29.2. The van der Waals surface area contributed by atoms with E-state index in [-0.39, 0.29) is 17.8 Å². The molecule has 1 amide bonds. The average Bonchev–Trinajstić information content (AvgIpc) is 2.98. The average molecular weight is 561 g/mol. The predicted molar refractivity (Wildman–Crippen MR) is 161 cm³/mol. The number of hydrogen-bond donors (Lipinski definition) is 2. The number of pyridine rings is 1. The molecule has 0 atom stereocenters. The lowest BCUT2D eigenvalue weighted by atomic mass is 9.96. The number of aromatic nitrogens is 3. The van der Waals surface area contributed by atoms with Crippen LogP contribution in [0.5, 0.6) is 0 Å². The molecule has 3 heterocycles. The van der Waals surface area contributed by atoms with Gasteiger partial charge < -0.3 is 20.3 Å². The Morgan fingerprint density at radius 1 is 1.18 bits per heavy atom. The Morgan fingerprint density at radius 3 is 2.75 bits per heavy atom. The zero-order valence-electron chi connectivity index (χ0n) is 23.1. The molecular weight excluding hydrogens is 524 g/mol. The molecule has 1 aliphatic heterocycles. The van der Waals surface area contributed by atoms with Gasteiger partial charge in [-0.05, 0) is 75.7 Å². The Hall–Kier alpha value is -3.76. The van der Waals surface area contributed by atoms with E-state index < -0.39 is 0 Å². The predicted octanol–water partition coefficient (Wildman–Crippen LogP) is 5.09. The smallest absolute Gasteiger partial charge is 0.334 e. The summed E-state index contributed by atoms with van der Waals surface area (Å²) in [5, 5.41) is 6.39. The van der Waals surface area contributed by atoms with E-state index >= 15 is 0 Å². The van der Waals surface area contributed by atoms with E-state index in [9.17, 15) is 9.59 Å². The first-order chi connectivity index (χ1) is 19.4. The monoisotopic (exact) mass is 560 g/mol. The van der Waals surface area contributed by atoms with Crippen LogP contribution in [0.15, 0.2) is 67.1 Å². The molecule has 0 saturated carbocycles. The number of carbonyl (C=O) groups excluding carboxylic acids is 2. The largest absolute Gasteiger partial charge is 0.463 e. The number of benzene rings is 1. The van der Waals surface area contributed by atoms with Crippen molar-refractivity contribution in [1.29, 1.82) is 0 Å². The van der Waals surface area contributed by atoms with Crippen molar-refractivity contribution >= 4 is 41.0 Å². The van der Waals surface area contributed by atoms with Crippen molar-refractivity contribution in [1.82, 2.24) is 19.9 Å². The van der Waals surface area contributed by atoms with Crippen LogP contribution in [0.1, 0.15) is 25.3 Å². The number of hydrogen-bond acceptors (Lipinski definition) is 9. The van der Waals surface area contributed by atoms with Gasteiger partial charge in [-0.15, -0.1) is 0 Å². The van der Waals surface area contributed by atoms with Crippen molar-refractivity contribution < 1.29 is 14.3 Å². The van der Waals surface area contributed by atoms with E-state index in [1.165, 1.54) is 0 Å². The Labute approximate surface area is 239 Å². The molecule has 2 aromatic heterocycles. The van der Waals surface area contributed by atoms with Gasteiger partial charge in [0.05, 0.1) is 12.3 Å². The SMILES string of the molecule is C=C(CSCCN1CCC(C(=O)Nc2ccc(C)c(Nc3nccc(-c4cccnc4)n3)c2)CC1)C(=O)OCC. The van der Waals surface area contributed by atoms with Crippen molar-refractivity contribution in [3.63, 3.8) is 0 Å². The maximum absolute atomic E-state index is 13.0. The highest BCUT2D eigenvalue weighted by Crippen LogP contribution is 2.26. The number of thioether (sulfide) groups is 1. The van der Waals surface area contributed by atoms with Crippen LogP contribution < -0.4 is 10.6 Å². The molecule has 3 aromatic rings. The number of likely N-dealkylation sites (tertiary alicyclic amines) is 1. The molecule has 4 rings (SSSR count). The fourth-order valence-corrected chi connectivity index (χ4v) is 5.29. The van der Waals surface area contributed by atoms with Crippen LogP contribution in [-0.4, -0.2) is 69.5 Å². The summed E-state index contributed by atoms with van der Waals surface area (Å²) < 4.78 is 4.97. The summed E-state index contributed by atoms with van der Waals surface area (Å²) in [6.45, 7) is 10.6. The Balaban J connectivity index is 1.25. The van der Waals surface area contributed by atoms with Crippen LogP contribution in [0.2, 0.25) is 0 Å². The molecule has 9 nitrogen and oxygen atoms in total. The van der Waals surface area contributed by atoms with Gasteiger partial charge in [-0.3, -0.25) is 9.78 Å². The number of rotatable bonds is 12. The molecular formula is C30H36N6O3S. The van der Waals surface area contributed by atoms with Gasteiger partial charge in [0.25, 0.3) is 0 Å². The first-order valence-electron chi connectivity index (χ1n) is 13.5. The van der Waals surface area contributed by atoms with Gasteiger partial charge in [-0.2, -0.15) is 11.8 Å². The topological polar surface area (TPSA) is 109 Å². The van der Waals surface area contributed by atoms with Gasteiger partial charge in [-0.25, -0.2) is 14.8 Å². The summed E-state index contributed by atoms with van der Waals surface area (Å²) in [6, 6.07) is 11.5. The molecule has 2 N–H and O–H groups in total. The second kappa shape index (κ2) is 14.6. The number of aryl methyl sites for hydroxylation is 1. The van der Waals surface area contributed by atoms with Gasteiger partial charge in [-0.1, -0.05) is 12.6 Å². The van der Waals surface area contributed by atoms with Crippen LogP contribution in [0.4, 0.5) is 17.3 Å². The van der Waals surface area contributed by atoms with Crippen LogP contribution in [-0.2, 0) is 14.3 Å². The molecule has 1 aliphatic rings. The maximum Gasteiger partial charge on any atom is 0.334 e. The van der Waals surface area contributed by atoms with Crippen molar-refractivity contribution in [2.75, 3.05) is 48.4 Å². The zero-order valence-corrected chi connectivity index (χ0v) is 23.9. The standard InChI is InChI=1S/C30H36N6O3S/c1-4-39-29(38)22(3)20-40-17-16-36-14-10-23(11-15-36)28(37)33-25-8-7-21(2)27(18-25)35-30-32-13-9-26(34-30)24-6-5-12-31-19-24/h5-9,12-13,18-19,23H,3-4,10-11,14-17,20H2,1-2H3,(H,33,37)(H,32,34,35). The van der Waals surface area contributed by atoms with E-state index in [1.54, 1.807) is 37.3 Å². The highest BCUT2D eigenvalue weighted by molar-refractivity contribution is 7.99. The minimum atomic E-state index is -0.318. The molecule has 0 spiro atoms.